The van der Waals surface area contributed by atoms with Gasteiger partial charge in [-0.05, 0) is 19.8 Å². The summed E-state index contributed by atoms with van der Waals surface area (Å²) >= 11 is 0. The highest BCUT2D eigenvalue weighted by Gasteiger charge is 2.22. The molecule has 0 fully saturated rings. The Morgan fingerprint density at radius 3 is 2.90 bits per heavy atom. The van der Waals surface area contributed by atoms with Gasteiger partial charge in [-0.2, -0.15) is 0 Å². The minimum absolute atomic E-state index is 0.0134. The van der Waals surface area contributed by atoms with E-state index in [1.807, 2.05) is 6.92 Å². The number of nitrogens with zero attached hydrogens (tertiary/aromatic N) is 5. The summed E-state index contributed by atoms with van der Waals surface area (Å²) in [5.74, 6) is 2.47. The molecule has 0 aliphatic carbocycles. The van der Waals surface area contributed by atoms with Gasteiger partial charge in [0.15, 0.2) is 5.82 Å². The Bertz CT molecular complexity index is 602. The Labute approximate surface area is 117 Å². The molecule has 0 radical (unpaired) electrons. The largest absolute Gasteiger partial charge is 0.478 e. The molecule has 0 amide bonds. The van der Waals surface area contributed by atoms with Crippen LogP contribution < -0.4 is 10.5 Å². The normalized spacial score (nSPS) is 16.5. The number of ether oxygens (including phenoxy) is 1. The van der Waals surface area contributed by atoms with Crippen LogP contribution in [0.5, 0.6) is 5.88 Å². The summed E-state index contributed by atoms with van der Waals surface area (Å²) in [5.41, 5.74) is 6.39. The van der Waals surface area contributed by atoms with E-state index in [1.165, 1.54) is 19.3 Å². The number of nitrogen functional groups attached to an aromatic ring is 1. The van der Waals surface area contributed by atoms with Gasteiger partial charge in [-0.25, -0.2) is 0 Å². The second-order valence-electron chi connectivity index (χ2n) is 5.19. The standard InChI is InChI=1S/C13H20N6O/c1-9(19-8-10(14)13(17-19)20-2)12-16-15-11-6-4-3-5-7-18(11)12/h8-9H,3-7,14H2,1-2H3/t9-/m0/s1. The van der Waals surface area contributed by atoms with Crippen LogP contribution >= 0.6 is 0 Å². The van der Waals surface area contributed by atoms with E-state index < -0.39 is 0 Å². The van der Waals surface area contributed by atoms with Crippen LogP contribution in [-0.2, 0) is 13.0 Å². The van der Waals surface area contributed by atoms with Crippen molar-refractivity contribution in [3.63, 3.8) is 0 Å². The Hall–Kier alpha value is -2.05. The van der Waals surface area contributed by atoms with Gasteiger partial charge in [0.05, 0.1) is 13.3 Å². The molecule has 0 saturated heterocycles. The average Bonchev–Trinajstić information content (AvgIpc) is 2.94. The maximum atomic E-state index is 5.85. The van der Waals surface area contributed by atoms with Crippen LogP contribution in [0.4, 0.5) is 5.69 Å². The Balaban J connectivity index is 1.93. The van der Waals surface area contributed by atoms with E-state index in [0.717, 1.165) is 24.6 Å². The highest BCUT2D eigenvalue weighted by Crippen LogP contribution is 2.25. The van der Waals surface area contributed by atoms with E-state index in [9.17, 15) is 0 Å². The predicted molar refractivity (Wildman–Crippen MR) is 74.6 cm³/mol. The molecule has 2 aromatic rings. The van der Waals surface area contributed by atoms with Gasteiger partial charge in [0.2, 0.25) is 0 Å². The van der Waals surface area contributed by atoms with Crippen LogP contribution in [0.3, 0.4) is 0 Å². The molecule has 1 atom stereocenters. The molecule has 108 valence electrons. The number of hydrogen-bond donors (Lipinski definition) is 1. The van der Waals surface area contributed by atoms with Crippen molar-refractivity contribution in [3.8, 4) is 5.88 Å². The Morgan fingerprint density at radius 2 is 2.15 bits per heavy atom. The summed E-state index contributed by atoms with van der Waals surface area (Å²) in [7, 11) is 1.57. The molecule has 0 bridgehead atoms. The number of aromatic nitrogens is 5. The molecule has 0 saturated carbocycles. The fraction of sp³-hybridized carbons (Fsp3) is 0.615. The SMILES string of the molecule is COc1nn([C@@H](C)c2nnc3n2CCCCC3)cc1N. The van der Waals surface area contributed by atoms with E-state index in [2.05, 4.69) is 19.9 Å². The first-order valence-corrected chi connectivity index (χ1v) is 7.01. The van der Waals surface area contributed by atoms with Gasteiger partial charge < -0.3 is 15.0 Å². The lowest BCUT2D eigenvalue weighted by Gasteiger charge is -2.13. The molecule has 3 heterocycles. The predicted octanol–water partition coefficient (Wildman–Crippen LogP) is 1.40. The summed E-state index contributed by atoms with van der Waals surface area (Å²) in [4.78, 5) is 0. The van der Waals surface area contributed by atoms with E-state index >= 15 is 0 Å². The summed E-state index contributed by atoms with van der Waals surface area (Å²) in [6, 6.07) is -0.0134. The monoisotopic (exact) mass is 276 g/mol. The van der Waals surface area contributed by atoms with Crippen molar-refractivity contribution in [2.75, 3.05) is 12.8 Å². The number of rotatable bonds is 3. The van der Waals surface area contributed by atoms with Gasteiger partial charge in [-0.3, -0.25) is 4.68 Å². The van der Waals surface area contributed by atoms with Gasteiger partial charge >= 0.3 is 0 Å². The van der Waals surface area contributed by atoms with Gasteiger partial charge in [0, 0.05) is 13.0 Å². The third kappa shape index (κ3) is 2.13. The summed E-state index contributed by atoms with van der Waals surface area (Å²) in [5, 5.41) is 13.0. The van der Waals surface area contributed by atoms with Crippen LogP contribution in [0, 0.1) is 0 Å². The summed E-state index contributed by atoms with van der Waals surface area (Å²) in [6.07, 6.45) is 6.40. The van der Waals surface area contributed by atoms with Crippen molar-refractivity contribution in [2.24, 2.45) is 0 Å². The summed E-state index contributed by atoms with van der Waals surface area (Å²) < 4.78 is 9.14. The van der Waals surface area contributed by atoms with Crippen molar-refractivity contribution >= 4 is 5.69 Å². The lowest BCUT2D eigenvalue weighted by atomic mass is 10.2. The smallest absolute Gasteiger partial charge is 0.256 e. The van der Waals surface area contributed by atoms with Crippen molar-refractivity contribution in [3.05, 3.63) is 17.8 Å². The van der Waals surface area contributed by atoms with Crippen molar-refractivity contribution in [2.45, 2.75) is 45.2 Å². The van der Waals surface area contributed by atoms with Crippen LogP contribution in [0.2, 0.25) is 0 Å². The first kappa shape index (κ1) is 13.0. The number of hydrogen-bond acceptors (Lipinski definition) is 5. The van der Waals surface area contributed by atoms with E-state index in [1.54, 1.807) is 18.0 Å². The van der Waals surface area contributed by atoms with Gasteiger partial charge in [0.25, 0.3) is 5.88 Å². The summed E-state index contributed by atoms with van der Waals surface area (Å²) in [6.45, 7) is 3.03. The molecule has 7 nitrogen and oxygen atoms in total. The minimum Gasteiger partial charge on any atom is -0.478 e. The molecule has 2 aromatic heterocycles. The topological polar surface area (TPSA) is 83.8 Å². The molecule has 0 aromatic carbocycles. The quantitative estimate of drug-likeness (QED) is 0.916. The lowest BCUT2D eigenvalue weighted by molar-refractivity contribution is 0.383. The van der Waals surface area contributed by atoms with Crippen LogP contribution in [0.15, 0.2) is 6.20 Å². The van der Waals surface area contributed by atoms with Crippen molar-refractivity contribution < 1.29 is 4.74 Å². The molecular weight excluding hydrogens is 256 g/mol. The third-order valence-corrected chi connectivity index (χ3v) is 3.83. The maximum absolute atomic E-state index is 5.85. The van der Waals surface area contributed by atoms with E-state index in [0.29, 0.717) is 11.6 Å². The number of fused-ring (bicyclic) bond motifs is 1. The zero-order chi connectivity index (χ0) is 14.1. The first-order chi connectivity index (χ1) is 9.70. The Morgan fingerprint density at radius 1 is 1.30 bits per heavy atom. The molecule has 1 aliphatic rings. The van der Waals surface area contributed by atoms with Gasteiger partial charge in [0.1, 0.15) is 17.6 Å². The minimum atomic E-state index is -0.0134. The van der Waals surface area contributed by atoms with Crippen LogP contribution in [0.25, 0.3) is 0 Å². The van der Waals surface area contributed by atoms with Crippen LogP contribution in [-0.4, -0.2) is 31.7 Å². The maximum Gasteiger partial charge on any atom is 0.256 e. The zero-order valence-corrected chi connectivity index (χ0v) is 11.9. The van der Waals surface area contributed by atoms with Crippen molar-refractivity contribution in [1.82, 2.24) is 24.5 Å². The second-order valence-corrected chi connectivity index (χ2v) is 5.19. The molecule has 0 unspecified atom stereocenters. The second kappa shape index (κ2) is 5.15. The number of aryl methyl sites for hydroxylation is 1. The van der Waals surface area contributed by atoms with E-state index in [4.69, 9.17) is 10.5 Å². The Kier molecular flexibility index (Phi) is 3.33. The molecule has 20 heavy (non-hydrogen) atoms. The van der Waals surface area contributed by atoms with E-state index in [-0.39, 0.29) is 6.04 Å². The zero-order valence-electron chi connectivity index (χ0n) is 11.9. The average molecular weight is 276 g/mol. The molecular formula is C13H20N6O. The number of nitrogens with two attached hydrogens (primary N) is 1. The third-order valence-electron chi connectivity index (χ3n) is 3.83. The van der Waals surface area contributed by atoms with Crippen molar-refractivity contribution in [1.29, 1.82) is 0 Å². The number of anilines is 1. The molecule has 7 heteroatoms. The highest BCUT2D eigenvalue weighted by molar-refractivity contribution is 5.46. The molecule has 0 spiro atoms. The van der Waals surface area contributed by atoms with Gasteiger partial charge in [-0.1, -0.05) is 6.42 Å². The molecule has 1 aliphatic heterocycles. The van der Waals surface area contributed by atoms with Gasteiger partial charge in [-0.15, -0.1) is 15.3 Å². The lowest BCUT2D eigenvalue weighted by Crippen LogP contribution is -2.15. The molecule has 2 N–H and O–H groups in total. The number of methoxy groups -OCH3 is 1. The molecule has 3 rings (SSSR count). The fourth-order valence-electron chi connectivity index (χ4n) is 2.68. The fourth-order valence-corrected chi connectivity index (χ4v) is 2.68. The van der Waals surface area contributed by atoms with Crippen LogP contribution in [0.1, 0.15) is 43.9 Å². The highest BCUT2D eigenvalue weighted by atomic mass is 16.5. The first-order valence-electron chi connectivity index (χ1n) is 7.01.